The van der Waals surface area contributed by atoms with Gasteiger partial charge < -0.3 is 10.6 Å². The van der Waals surface area contributed by atoms with Crippen LogP contribution in [0.5, 0.6) is 0 Å². The molecular formula is C14H20N4S. The van der Waals surface area contributed by atoms with Gasteiger partial charge in [-0.25, -0.2) is 4.98 Å². The van der Waals surface area contributed by atoms with Crippen LogP contribution in [0.3, 0.4) is 0 Å². The number of aromatic nitrogens is 2. The van der Waals surface area contributed by atoms with Crippen molar-refractivity contribution in [3.8, 4) is 0 Å². The summed E-state index contributed by atoms with van der Waals surface area (Å²) in [6.07, 6.45) is 0. The number of anilines is 2. The number of rotatable bonds is 3. The van der Waals surface area contributed by atoms with Gasteiger partial charge in [-0.05, 0) is 17.7 Å². The Balaban J connectivity index is 2.28. The fraction of sp³-hybridized carbons (Fsp3) is 0.429. The zero-order valence-corrected chi connectivity index (χ0v) is 12.7. The Kier molecular flexibility index (Phi) is 3.87. The number of hydrogen-bond donors (Lipinski definition) is 1. The summed E-state index contributed by atoms with van der Waals surface area (Å²) in [7, 11) is 2.00. The molecule has 102 valence electrons. The van der Waals surface area contributed by atoms with Crippen molar-refractivity contribution in [2.75, 3.05) is 11.9 Å². The standard InChI is InChI=1S/C14H20N4S/c1-14(2,3)12-16-13(19-17-12)18(4)11-7-5-6-10(8-11)9-15/h5-8H,9,15H2,1-4H3. The van der Waals surface area contributed by atoms with Gasteiger partial charge >= 0.3 is 0 Å². The highest BCUT2D eigenvalue weighted by Crippen LogP contribution is 2.29. The molecular weight excluding hydrogens is 256 g/mol. The van der Waals surface area contributed by atoms with Gasteiger partial charge in [0.1, 0.15) is 5.82 Å². The van der Waals surface area contributed by atoms with E-state index in [9.17, 15) is 0 Å². The predicted molar refractivity (Wildman–Crippen MR) is 81.0 cm³/mol. The van der Waals surface area contributed by atoms with Crippen LogP contribution in [0.25, 0.3) is 0 Å². The average Bonchev–Trinajstić information content (AvgIpc) is 2.87. The monoisotopic (exact) mass is 276 g/mol. The minimum Gasteiger partial charge on any atom is -0.326 e. The molecule has 0 aliphatic rings. The van der Waals surface area contributed by atoms with E-state index < -0.39 is 0 Å². The maximum atomic E-state index is 5.67. The van der Waals surface area contributed by atoms with Crippen LogP contribution in [0.15, 0.2) is 24.3 Å². The maximum Gasteiger partial charge on any atom is 0.209 e. The zero-order chi connectivity index (χ0) is 14.0. The number of nitrogens with zero attached hydrogens (tertiary/aromatic N) is 3. The third-order valence-electron chi connectivity index (χ3n) is 2.91. The molecule has 1 aromatic carbocycles. The Hall–Kier alpha value is -1.46. The van der Waals surface area contributed by atoms with Crippen LogP contribution in [-0.4, -0.2) is 16.4 Å². The topological polar surface area (TPSA) is 55.0 Å². The molecule has 2 rings (SSSR count). The highest BCUT2D eigenvalue weighted by molar-refractivity contribution is 7.09. The highest BCUT2D eigenvalue weighted by atomic mass is 32.1. The van der Waals surface area contributed by atoms with E-state index in [1.54, 1.807) is 0 Å². The molecule has 0 radical (unpaired) electrons. The van der Waals surface area contributed by atoms with Crippen LogP contribution < -0.4 is 10.6 Å². The molecule has 0 saturated heterocycles. The van der Waals surface area contributed by atoms with Gasteiger partial charge in [0.2, 0.25) is 5.13 Å². The lowest BCUT2D eigenvalue weighted by atomic mass is 9.96. The molecule has 19 heavy (non-hydrogen) atoms. The summed E-state index contributed by atoms with van der Waals surface area (Å²) >= 11 is 1.43. The zero-order valence-electron chi connectivity index (χ0n) is 11.8. The first kappa shape index (κ1) is 14.0. The molecule has 2 aromatic rings. The van der Waals surface area contributed by atoms with Crippen molar-refractivity contribution in [1.82, 2.24) is 9.36 Å². The summed E-state index contributed by atoms with van der Waals surface area (Å²) in [5, 5.41) is 0.902. The molecule has 1 heterocycles. The second-order valence-electron chi connectivity index (χ2n) is 5.58. The van der Waals surface area contributed by atoms with Gasteiger partial charge in [-0.1, -0.05) is 32.9 Å². The fourth-order valence-electron chi connectivity index (χ4n) is 1.66. The van der Waals surface area contributed by atoms with Crippen LogP contribution >= 0.6 is 11.5 Å². The van der Waals surface area contributed by atoms with E-state index in [-0.39, 0.29) is 5.41 Å². The van der Waals surface area contributed by atoms with Crippen molar-refractivity contribution >= 4 is 22.4 Å². The lowest BCUT2D eigenvalue weighted by Crippen LogP contribution is -2.14. The molecule has 0 aliphatic carbocycles. The first-order valence-corrected chi connectivity index (χ1v) is 7.06. The second kappa shape index (κ2) is 5.27. The van der Waals surface area contributed by atoms with Crippen molar-refractivity contribution < 1.29 is 0 Å². The van der Waals surface area contributed by atoms with Gasteiger partial charge in [0.25, 0.3) is 0 Å². The van der Waals surface area contributed by atoms with E-state index in [2.05, 4.69) is 42.3 Å². The summed E-state index contributed by atoms with van der Waals surface area (Å²) in [6, 6.07) is 8.17. The molecule has 5 heteroatoms. The smallest absolute Gasteiger partial charge is 0.209 e. The van der Waals surface area contributed by atoms with Gasteiger partial charge in [0.05, 0.1) is 0 Å². The first-order chi connectivity index (χ1) is 8.91. The minimum absolute atomic E-state index is 0.0192. The third kappa shape index (κ3) is 3.11. The van der Waals surface area contributed by atoms with E-state index in [1.807, 2.05) is 24.1 Å². The van der Waals surface area contributed by atoms with Gasteiger partial charge in [0.15, 0.2) is 0 Å². The second-order valence-corrected chi connectivity index (χ2v) is 6.31. The maximum absolute atomic E-state index is 5.67. The van der Waals surface area contributed by atoms with Crippen molar-refractivity contribution in [3.63, 3.8) is 0 Å². The first-order valence-electron chi connectivity index (χ1n) is 6.29. The molecule has 0 amide bonds. The number of benzene rings is 1. The normalized spacial score (nSPS) is 11.6. The van der Waals surface area contributed by atoms with Gasteiger partial charge in [0, 0.05) is 36.2 Å². The third-order valence-corrected chi connectivity index (χ3v) is 3.70. The van der Waals surface area contributed by atoms with Crippen LogP contribution in [0.1, 0.15) is 32.2 Å². The Labute approximate surface area is 118 Å². The fourth-order valence-corrected chi connectivity index (χ4v) is 2.50. The largest absolute Gasteiger partial charge is 0.326 e. The number of hydrogen-bond acceptors (Lipinski definition) is 5. The number of nitrogens with two attached hydrogens (primary N) is 1. The highest BCUT2D eigenvalue weighted by Gasteiger charge is 2.21. The lowest BCUT2D eigenvalue weighted by Gasteiger charge is -2.17. The molecule has 0 spiro atoms. The van der Waals surface area contributed by atoms with Gasteiger partial charge in [-0.3, -0.25) is 0 Å². The SMILES string of the molecule is CN(c1cccc(CN)c1)c1nc(C(C)(C)C)ns1. The van der Waals surface area contributed by atoms with Gasteiger partial charge in [-0.15, -0.1) is 0 Å². The van der Waals surface area contributed by atoms with Crippen LogP contribution in [0, 0.1) is 0 Å². The summed E-state index contributed by atoms with van der Waals surface area (Å²) in [5.74, 6) is 0.884. The van der Waals surface area contributed by atoms with Crippen molar-refractivity contribution in [2.24, 2.45) is 5.73 Å². The Morgan fingerprint density at radius 3 is 2.63 bits per heavy atom. The van der Waals surface area contributed by atoms with Crippen molar-refractivity contribution in [1.29, 1.82) is 0 Å². The van der Waals surface area contributed by atoms with Crippen LogP contribution in [0.2, 0.25) is 0 Å². The lowest BCUT2D eigenvalue weighted by molar-refractivity contribution is 0.555. The molecule has 2 N–H and O–H groups in total. The summed E-state index contributed by atoms with van der Waals surface area (Å²) in [4.78, 5) is 6.66. The van der Waals surface area contributed by atoms with E-state index in [1.165, 1.54) is 11.5 Å². The molecule has 0 atom stereocenters. The Bertz CT molecular complexity index is 557. The quantitative estimate of drug-likeness (QED) is 0.936. The van der Waals surface area contributed by atoms with E-state index in [0.29, 0.717) is 6.54 Å². The summed E-state index contributed by atoms with van der Waals surface area (Å²) in [6.45, 7) is 6.90. The molecule has 0 unspecified atom stereocenters. The van der Waals surface area contributed by atoms with E-state index in [0.717, 1.165) is 22.2 Å². The van der Waals surface area contributed by atoms with Crippen LogP contribution in [-0.2, 0) is 12.0 Å². The van der Waals surface area contributed by atoms with Crippen molar-refractivity contribution in [2.45, 2.75) is 32.7 Å². The Morgan fingerprint density at radius 2 is 2.05 bits per heavy atom. The predicted octanol–water partition coefficient (Wildman–Crippen LogP) is 3.06. The minimum atomic E-state index is -0.0192. The molecule has 1 aromatic heterocycles. The average molecular weight is 276 g/mol. The van der Waals surface area contributed by atoms with E-state index in [4.69, 9.17) is 5.73 Å². The molecule has 0 saturated carbocycles. The van der Waals surface area contributed by atoms with Gasteiger partial charge in [-0.2, -0.15) is 4.37 Å². The molecule has 0 fully saturated rings. The van der Waals surface area contributed by atoms with E-state index >= 15 is 0 Å². The molecule has 0 aliphatic heterocycles. The summed E-state index contributed by atoms with van der Waals surface area (Å²) in [5.41, 5.74) is 7.85. The molecule has 4 nitrogen and oxygen atoms in total. The summed E-state index contributed by atoms with van der Waals surface area (Å²) < 4.78 is 4.44. The van der Waals surface area contributed by atoms with Crippen molar-refractivity contribution in [3.05, 3.63) is 35.7 Å². The van der Waals surface area contributed by atoms with Crippen LogP contribution in [0.4, 0.5) is 10.8 Å². The molecule has 0 bridgehead atoms. The Morgan fingerprint density at radius 1 is 1.32 bits per heavy atom.